The highest BCUT2D eigenvalue weighted by Crippen LogP contribution is 1.99. The second-order valence-electron chi connectivity index (χ2n) is 4.04. The van der Waals surface area contributed by atoms with Crippen LogP contribution in [-0.4, -0.2) is 49.2 Å². The Morgan fingerprint density at radius 1 is 1.00 bits per heavy atom. The van der Waals surface area contributed by atoms with Gasteiger partial charge in [0.1, 0.15) is 6.61 Å². The van der Waals surface area contributed by atoms with Crippen LogP contribution in [-0.2, 0) is 19.0 Å². The minimum atomic E-state index is -0.969. The van der Waals surface area contributed by atoms with Crippen LogP contribution in [0.4, 0.5) is 0 Å². The highest BCUT2D eigenvalue weighted by Gasteiger charge is 2.09. The van der Waals surface area contributed by atoms with Crippen molar-refractivity contribution in [3.63, 3.8) is 0 Å². The number of carboxylic acid groups (broad SMARTS) is 1. The Hall–Kier alpha value is -0.650. The Bertz CT molecular complexity index is 193. The van der Waals surface area contributed by atoms with Crippen molar-refractivity contribution < 1.29 is 24.1 Å². The van der Waals surface area contributed by atoms with Crippen LogP contribution in [0.2, 0.25) is 0 Å². The molecule has 0 saturated carbocycles. The number of carboxylic acids is 1. The minimum absolute atomic E-state index is 0.0155. The van der Waals surface area contributed by atoms with E-state index in [0.717, 1.165) is 0 Å². The lowest BCUT2D eigenvalue weighted by Crippen LogP contribution is -2.25. The van der Waals surface area contributed by atoms with Crippen LogP contribution in [0.3, 0.4) is 0 Å². The van der Waals surface area contributed by atoms with E-state index in [1.165, 1.54) is 0 Å². The smallest absolute Gasteiger partial charge is 0.329 e. The number of ether oxygens (including phenoxy) is 3. The van der Waals surface area contributed by atoms with E-state index >= 15 is 0 Å². The zero-order valence-electron chi connectivity index (χ0n) is 10.4. The summed E-state index contributed by atoms with van der Waals surface area (Å²) in [5.41, 5.74) is 0. The molecule has 0 bridgehead atoms. The predicted octanol–water partition coefficient (Wildman–Crippen LogP) is 1.31. The monoisotopic (exact) mass is 234 g/mol. The van der Waals surface area contributed by atoms with Crippen LogP contribution in [0.5, 0.6) is 0 Å². The quantitative estimate of drug-likeness (QED) is 0.651. The molecule has 96 valence electrons. The Kier molecular flexibility index (Phi) is 8.15. The summed E-state index contributed by atoms with van der Waals surface area (Å²) in [6, 6.07) is 0. The maximum absolute atomic E-state index is 10.2. The van der Waals surface area contributed by atoms with Gasteiger partial charge < -0.3 is 19.3 Å². The van der Waals surface area contributed by atoms with Gasteiger partial charge in [-0.1, -0.05) is 0 Å². The summed E-state index contributed by atoms with van der Waals surface area (Å²) < 4.78 is 15.8. The average Bonchev–Trinajstić information content (AvgIpc) is 2.20. The fourth-order valence-corrected chi connectivity index (χ4v) is 0.938. The SMILES string of the molecule is CC(C)OCC(C)OCC(C)OCC(=O)O. The Labute approximate surface area is 96.7 Å². The van der Waals surface area contributed by atoms with E-state index in [4.69, 9.17) is 19.3 Å². The van der Waals surface area contributed by atoms with Gasteiger partial charge >= 0.3 is 5.97 Å². The molecule has 0 aliphatic heterocycles. The molecule has 0 aliphatic rings. The van der Waals surface area contributed by atoms with Crippen LogP contribution in [0.1, 0.15) is 27.7 Å². The molecule has 0 aromatic carbocycles. The lowest BCUT2D eigenvalue weighted by atomic mass is 10.4. The van der Waals surface area contributed by atoms with E-state index in [1.54, 1.807) is 6.92 Å². The first-order chi connectivity index (χ1) is 7.41. The molecule has 1 N–H and O–H groups in total. The van der Waals surface area contributed by atoms with Crippen molar-refractivity contribution in [2.45, 2.75) is 46.0 Å². The molecule has 0 aromatic heterocycles. The Balaban J connectivity index is 3.50. The molecule has 5 heteroatoms. The minimum Gasteiger partial charge on any atom is -0.480 e. The van der Waals surface area contributed by atoms with Gasteiger partial charge in [-0.15, -0.1) is 0 Å². The summed E-state index contributed by atoms with van der Waals surface area (Å²) in [6.45, 7) is 8.22. The van der Waals surface area contributed by atoms with Gasteiger partial charge in [-0.05, 0) is 27.7 Å². The van der Waals surface area contributed by atoms with E-state index in [-0.39, 0.29) is 24.9 Å². The zero-order chi connectivity index (χ0) is 12.6. The third-order valence-corrected chi connectivity index (χ3v) is 1.77. The standard InChI is InChI=1S/C11H22O5/c1-8(2)14-5-9(3)15-6-10(4)16-7-11(12)13/h8-10H,5-7H2,1-4H3,(H,12,13). The van der Waals surface area contributed by atoms with Gasteiger partial charge in [0.15, 0.2) is 0 Å². The summed E-state index contributed by atoms with van der Waals surface area (Å²) in [5.74, 6) is -0.969. The molecule has 0 aliphatic carbocycles. The lowest BCUT2D eigenvalue weighted by Gasteiger charge is -2.18. The van der Waals surface area contributed by atoms with Gasteiger partial charge in [0.2, 0.25) is 0 Å². The van der Waals surface area contributed by atoms with Crippen LogP contribution in [0, 0.1) is 0 Å². The zero-order valence-corrected chi connectivity index (χ0v) is 10.4. The van der Waals surface area contributed by atoms with Crippen molar-refractivity contribution in [2.75, 3.05) is 19.8 Å². The van der Waals surface area contributed by atoms with Gasteiger partial charge in [0, 0.05) is 0 Å². The van der Waals surface area contributed by atoms with Crippen LogP contribution in [0.25, 0.3) is 0 Å². The molecular weight excluding hydrogens is 212 g/mol. The molecule has 0 heterocycles. The van der Waals surface area contributed by atoms with E-state index < -0.39 is 5.97 Å². The molecule has 0 saturated heterocycles. The van der Waals surface area contributed by atoms with Crippen molar-refractivity contribution in [1.29, 1.82) is 0 Å². The van der Waals surface area contributed by atoms with E-state index in [1.807, 2.05) is 20.8 Å². The molecular formula is C11H22O5. The Morgan fingerprint density at radius 3 is 2.00 bits per heavy atom. The third-order valence-electron chi connectivity index (χ3n) is 1.77. The van der Waals surface area contributed by atoms with Crippen molar-refractivity contribution >= 4 is 5.97 Å². The highest BCUT2D eigenvalue weighted by atomic mass is 16.6. The molecule has 16 heavy (non-hydrogen) atoms. The number of rotatable bonds is 9. The first kappa shape index (κ1) is 15.3. The topological polar surface area (TPSA) is 65.0 Å². The van der Waals surface area contributed by atoms with E-state index in [0.29, 0.717) is 13.2 Å². The van der Waals surface area contributed by atoms with Gasteiger partial charge in [0.25, 0.3) is 0 Å². The number of hydrogen-bond acceptors (Lipinski definition) is 4. The highest BCUT2D eigenvalue weighted by molar-refractivity contribution is 5.68. The average molecular weight is 234 g/mol. The predicted molar refractivity (Wildman–Crippen MR) is 59.6 cm³/mol. The maximum atomic E-state index is 10.2. The van der Waals surface area contributed by atoms with Crippen molar-refractivity contribution in [3.05, 3.63) is 0 Å². The summed E-state index contributed by atoms with van der Waals surface area (Å²) in [6.07, 6.45) is -0.0531. The molecule has 2 atom stereocenters. The van der Waals surface area contributed by atoms with E-state index in [9.17, 15) is 4.79 Å². The van der Waals surface area contributed by atoms with Crippen LogP contribution in [0.15, 0.2) is 0 Å². The number of carbonyl (C=O) groups is 1. The van der Waals surface area contributed by atoms with Crippen LogP contribution >= 0.6 is 0 Å². The summed E-state index contributed by atoms with van der Waals surface area (Å²) in [5, 5.41) is 8.40. The van der Waals surface area contributed by atoms with Crippen LogP contribution < -0.4 is 0 Å². The Morgan fingerprint density at radius 2 is 1.50 bits per heavy atom. The molecule has 0 spiro atoms. The number of hydrogen-bond donors (Lipinski definition) is 1. The van der Waals surface area contributed by atoms with Gasteiger partial charge in [-0.2, -0.15) is 0 Å². The summed E-state index contributed by atoms with van der Waals surface area (Å²) >= 11 is 0. The van der Waals surface area contributed by atoms with Crippen molar-refractivity contribution in [3.8, 4) is 0 Å². The normalized spacial score (nSPS) is 15.1. The molecule has 2 unspecified atom stereocenters. The first-order valence-electron chi connectivity index (χ1n) is 5.48. The second kappa shape index (κ2) is 8.50. The number of aliphatic carboxylic acids is 1. The summed E-state index contributed by atoms with van der Waals surface area (Å²) in [4.78, 5) is 10.2. The van der Waals surface area contributed by atoms with E-state index in [2.05, 4.69) is 0 Å². The molecule has 0 fully saturated rings. The molecule has 5 nitrogen and oxygen atoms in total. The molecule has 0 amide bonds. The van der Waals surface area contributed by atoms with Crippen molar-refractivity contribution in [1.82, 2.24) is 0 Å². The van der Waals surface area contributed by atoms with Gasteiger partial charge in [-0.3, -0.25) is 0 Å². The van der Waals surface area contributed by atoms with Gasteiger partial charge in [0.05, 0.1) is 31.5 Å². The molecule has 0 rings (SSSR count). The molecule has 0 radical (unpaired) electrons. The second-order valence-corrected chi connectivity index (χ2v) is 4.04. The fourth-order valence-electron chi connectivity index (χ4n) is 0.938. The first-order valence-corrected chi connectivity index (χ1v) is 5.48. The maximum Gasteiger partial charge on any atom is 0.329 e. The summed E-state index contributed by atoms with van der Waals surface area (Å²) in [7, 11) is 0. The third kappa shape index (κ3) is 9.89. The van der Waals surface area contributed by atoms with Gasteiger partial charge in [-0.25, -0.2) is 4.79 Å². The fraction of sp³-hybridized carbons (Fsp3) is 0.909. The van der Waals surface area contributed by atoms with Crippen molar-refractivity contribution in [2.24, 2.45) is 0 Å². The molecule has 0 aromatic rings. The lowest BCUT2D eigenvalue weighted by molar-refractivity contribution is -0.146. The largest absolute Gasteiger partial charge is 0.480 e.